The third-order valence-electron chi connectivity index (χ3n) is 2.07. The second kappa shape index (κ2) is 4.92. The Labute approximate surface area is 114 Å². The summed E-state index contributed by atoms with van der Waals surface area (Å²) in [4.78, 5) is 10.5. The lowest BCUT2D eigenvalue weighted by molar-refractivity contribution is 0.144. The molecule has 17 heavy (non-hydrogen) atoms. The second-order valence-corrected chi connectivity index (χ2v) is 5.64. The molecule has 94 valence electrons. The van der Waals surface area contributed by atoms with E-state index < -0.39 is 6.16 Å². The van der Waals surface area contributed by atoms with Crippen LogP contribution in [0.2, 0.25) is 15.1 Å². The van der Waals surface area contributed by atoms with Crippen LogP contribution in [-0.2, 0) is 5.41 Å². The average Bonchev–Trinajstić information content (AvgIpc) is 2.11. The van der Waals surface area contributed by atoms with Gasteiger partial charge in [0.1, 0.15) is 0 Å². The summed E-state index contributed by atoms with van der Waals surface area (Å²) in [6.45, 7) is 5.67. The van der Waals surface area contributed by atoms with Crippen LogP contribution in [0, 0.1) is 0 Å². The van der Waals surface area contributed by atoms with Crippen LogP contribution < -0.4 is 4.74 Å². The number of benzene rings is 1. The van der Waals surface area contributed by atoms with Crippen LogP contribution in [0.3, 0.4) is 0 Å². The number of halogens is 3. The summed E-state index contributed by atoms with van der Waals surface area (Å²) >= 11 is 18.1. The Morgan fingerprint density at radius 1 is 1.24 bits per heavy atom. The number of hydrogen-bond donors (Lipinski definition) is 1. The van der Waals surface area contributed by atoms with Gasteiger partial charge in [0.05, 0.1) is 15.1 Å². The van der Waals surface area contributed by atoms with Crippen molar-refractivity contribution in [2.45, 2.75) is 26.2 Å². The van der Waals surface area contributed by atoms with Gasteiger partial charge in [0.15, 0.2) is 5.75 Å². The molecule has 1 aromatic rings. The predicted octanol–water partition coefficient (Wildman–Crippen LogP) is 5.00. The van der Waals surface area contributed by atoms with Crippen molar-refractivity contribution in [1.82, 2.24) is 0 Å². The van der Waals surface area contributed by atoms with Crippen LogP contribution in [0.15, 0.2) is 6.07 Å². The molecular formula is C11H11Cl3O3. The highest BCUT2D eigenvalue weighted by atomic mass is 35.5. The third-order valence-corrected chi connectivity index (χ3v) is 3.23. The molecule has 0 aliphatic rings. The molecule has 1 rings (SSSR count). The lowest BCUT2D eigenvalue weighted by atomic mass is 9.87. The summed E-state index contributed by atoms with van der Waals surface area (Å²) in [5.74, 6) is -0.0153. The molecule has 0 heterocycles. The topological polar surface area (TPSA) is 46.5 Å². The highest BCUT2D eigenvalue weighted by Crippen LogP contribution is 2.44. The maximum absolute atomic E-state index is 10.5. The number of carboxylic acid groups (broad SMARTS) is 1. The summed E-state index contributed by atoms with van der Waals surface area (Å²) in [6, 6.07) is 1.29. The molecule has 0 atom stereocenters. The van der Waals surface area contributed by atoms with E-state index >= 15 is 0 Å². The van der Waals surface area contributed by atoms with Crippen LogP contribution in [0.25, 0.3) is 0 Å². The monoisotopic (exact) mass is 296 g/mol. The lowest BCUT2D eigenvalue weighted by Crippen LogP contribution is -2.14. The first-order valence-electron chi connectivity index (χ1n) is 4.73. The van der Waals surface area contributed by atoms with Gasteiger partial charge in [-0.15, -0.1) is 0 Å². The van der Waals surface area contributed by atoms with Gasteiger partial charge >= 0.3 is 6.16 Å². The zero-order chi connectivity index (χ0) is 13.4. The van der Waals surface area contributed by atoms with Gasteiger partial charge in [-0.2, -0.15) is 0 Å². The van der Waals surface area contributed by atoms with Crippen molar-refractivity contribution in [2.24, 2.45) is 0 Å². The van der Waals surface area contributed by atoms with E-state index in [2.05, 4.69) is 4.74 Å². The molecule has 0 fully saturated rings. The van der Waals surface area contributed by atoms with Crippen LogP contribution >= 0.6 is 34.8 Å². The largest absolute Gasteiger partial charge is 0.511 e. The predicted molar refractivity (Wildman–Crippen MR) is 68.8 cm³/mol. The van der Waals surface area contributed by atoms with Crippen LogP contribution in [-0.4, -0.2) is 11.3 Å². The van der Waals surface area contributed by atoms with Crippen molar-refractivity contribution in [1.29, 1.82) is 0 Å². The molecule has 0 bridgehead atoms. The lowest BCUT2D eigenvalue weighted by Gasteiger charge is -2.23. The number of hydrogen-bond acceptors (Lipinski definition) is 2. The Morgan fingerprint density at radius 2 is 1.76 bits per heavy atom. The molecule has 0 spiro atoms. The molecule has 0 aliphatic carbocycles. The normalized spacial score (nSPS) is 11.4. The van der Waals surface area contributed by atoms with Crippen LogP contribution in [0.4, 0.5) is 4.79 Å². The van der Waals surface area contributed by atoms with Gasteiger partial charge in [0.2, 0.25) is 0 Å². The first kappa shape index (κ1) is 14.4. The molecular weight excluding hydrogens is 286 g/mol. The fraction of sp³-hybridized carbons (Fsp3) is 0.364. The maximum atomic E-state index is 10.5. The van der Waals surface area contributed by atoms with Gasteiger partial charge in [0.25, 0.3) is 0 Å². The first-order valence-corrected chi connectivity index (χ1v) is 5.86. The Kier molecular flexibility index (Phi) is 4.18. The van der Waals surface area contributed by atoms with Gasteiger partial charge in [0, 0.05) is 11.6 Å². The number of rotatable bonds is 1. The van der Waals surface area contributed by atoms with Gasteiger partial charge in [-0.1, -0.05) is 55.6 Å². The number of ether oxygens (including phenoxy) is 1. The minimum absolute atomic E-state index is 0.0153. The molecule has 0 saturated carbocycles. The second-order valence-electron chi connectivity index (χ2n) is 4.48. The van der Waals surface area contributed by atoms with E-state index in [1.54, 1.807) is 0 Å². The van der Waals surface area contributed by atoms with Crippen molar-refractivity contribution < 1.29 is 14.6 Å². The summed E-state index contributed by atoms with van der Waals surface area (Å²) < 4.78 is 4.56. The van der Waals surface area contributed by atoms with Gasteiger partial charge in [-0.3, -0.25) is 0 Å². The van der Waals surface area contributed by atoms with Crippen LogP contribution in [0.5, 0.6) is 5.75 Å². The Hall–Kier alpha value is -0.640. The zero-order valence-electron chi connectivity index (χ0n) is 9.47. The molecule has 0 aromatic heterocycles. The van der Waals surface area contributed by atoms with Crippen molar-refractivity contribution in [3.8, 4) is 5.75 Å². The maximum Gasteiger partial charge on any atom is 0.511 e. The smallest absolute Gasteiger partial charge is 0.449 e. The molecule has 0 amide bonds. The van der Waals surface area contributed by atoms with E-state index in [1.807, 2.05) is 20.8 Å². The quantitative estimate of drug-likeness (QED) is 0.451. The molecule has 0 unspecified atom stereocenters. The van der Waals surface area contributed by atoms with Gasteiger partial charge in [-0.25, -0.2) is 4.79 Å². The fourth-order valence-corrected chi connectivity index (χ4v) is 2.55. The Bertz CT molecular complexity index is 464. The van der Waals surface area contributed by atoms with Gasteiger partial charge in [-0.05, 0) is 5.41 Å². The molecule has 6 heteroatoms. The molecule has 3 nitrogen and oxygen atoms in total. The van der Waals surface area contributed by atoms with E-state index in [-0.39, 0.29) is 21.2 Å². The SMILES string of the molecule is CC(C)(C)c1c(Cl)c(Cl)cc(OC(=O)O)c1Cl. The summed E-state index contributed by atoms with van der Waals surface area (Å²) in [5.41, 5.74) is 0.181. The van der Waals surface area contributed by atoms with E-state index in [1.165, 1.54) is 6.07 Å². The molecule has 1 N–H and O–H groups in total. The summed E-state index contributed by atoms with van der Waals surface area (Å²) in [6.07, 6.45) is -1.45. The van der Waals surface area contributed by atoms with E-state index in [0.717, 1.165) is 0 Å². The van der Waals surface area contributed by atoms with Crippen molar-refractivity contribution in [3.63, 3.8) is 0 Å². The van der Waals surface area contributed by atoms with Crippen LogP contribution in [0.1, 0.15) is 26.3 Å². The fourth-order valence-electron chi connectivity index (χ4n) is 1.41. The standard InChI is InChI=1S/C11H11Cl3O3/c1-11(2,3)7-8(13)5(12)4-6(9(7)14)17-10(15)16/h4H,1-3H3,(H,15,16). The van der Waals surface area contributed by atoms with Crippen molar-refractivity contribution in [3.05, 3.63) is 26.7 Å². The van der Waals surface area contributed by atoms with Gasteiger partial charge < -0.3 is 9.84 Å². The number of carbonyl (C=O) groups is 1. The molecule has 0 saturated heterocycles. The molecule has 0 aliphatic heterocycles. The molecule has 1 aromatic carbocycles. The van der Waals surface area contributed by atoms with E-state index in [0.29, 0.717) is 10.6 Å². The minimum Gasteiger partial charge on any atom is -0.449 e. The summed E-state index contributed by atoms with van der Waals surface area (Å²) in [7, 11) is 0. The van der Waals surface area contributed by atoms with E-state index in [4.69, 9.17) is 39.9 Å². The Balaban J connectivity index is 3.48. The first-order chi connectivity index (χ1) is 7.64. The van der Waals surface area contributed by atoms with E-state index in [9.17, 15) is 4.79 Å². The molecule has 0 radical (unpaired) electrons. The summed E-state index contributed by atoms with van der Waals surface area (Å²) in [5, 5.41) is 9.26. The van der Waals surface area contributed by atoms with Crippen molar-refractivity contribution in [2.75, 3.05) is 0 Å². The highest BCUT2D eigenvalue weighted by molar-refractivity contribution is 6.44. The minimum atomic E-state index is -1.45. The highest BCUT2D eigenvalue weighted by Gasteiger charge is 2.26. The van der Waals surface area contributed by atoms with Crippen molar-refractivity contribution >= 4 is 41.0 Å². The zero-order valence-corrected chi connectivity index (χ0v) is 11.7. The Morgan fingerprint density at radius 3 is 2.18 bits per heavy atom. The third kappa shape index (κ3) is 3.18. The average molecular weight is 298 g/mol.